The van der Waals surface area contributed by atoms with Crippen LogP contribution in [0.3, 0.4) is 0 Å². The number of benzene rings is 1. The van der Waals surface area contributed by atoms with Gasteiger partial charge in [-0.25, -0.2) is 0 Å². The minimum atomic E-state index is -0.156. The molecule has 0 aliphatic heterocycles. The average Bonchev–Trinajstić information content (AvgIpc) is 2.35. The van der Waals surface area contributed by atoms with E-state index in [0.29, 0.717) is 24.7 Å². The van der Waals surface area contributed by atoms with Gasteiger partial charge in [-0.2, -0.15) is 0 Å². The van der Waals surface area contributed by atoms with Gasteiger partial charge in [-0.05, 0) is 12.1 Å². The highest BCUT2D eigenvalue weighted by Gasteiger charge is 2.02. The van der Waals surface area contributed by atoms with Gasteiger partial charge in [0.1, 0.15) is 13.2 Å². The number of hydrogen-bond acceptors (Lipinski definition) is 4. The monoisotopic (exact) mass is 239 g/mol. The fourth-order valence-electron chi connectivity index (χ4n) is 1.27. The van der Waals surface area contributed by atoms with Gasteiger partial charge in [0.05, 0.1) is 13.7 Å². The number of nitrogens with one attached hydrogen (secondary N) is 1. The first-order valence-corrected chi connectivity index (χ1v) is 5.29. The van der Waals surface area contributed by atoms with Gasteiger partial charge in [-0.1, -0.05) is 12.1 Å². The number of amides is 1. The molecule has 1 aromatic rings. The van der Waals surface area contributed by atoms with E-state index in [1.807, 2.05) is 24.3 Å². The molecule has 1 amide bonds. The third-order valence-electron chi connectivity index (χ3n) is 2.03. The number of methoxy groups -OCH3 is 2. The van der Waals surface area contributed by atoms with Gasteiger partial charge in [0.15, 0.2) is 11.5 Å². The average molecular weight is 239 g/mol. The quantitative estimate of drug-likeness (QED) is 0.716. The second kappa shape index (κ2) is 7.51. The van der Waals surface area contributed by atoms with Crippen molar-refractivity contribution in [1.82, 2.24) is 5.32 Å². The maximum atomic E-state index is 11.1. The largest absolute Gasteiger partial charge is 0.493 e. The standard InChI is InChI=1S/C12H17NO4/c1-15-9-12(14)13-7-8-17-11-6-4-3-5-10(11)16-2/h3-6H,7-9H2,1-2H3,(H,13,14). The highest BCUT2D eigenvalue weighted by atomic mass is 16.5. The van der Waals surface area contributed by atoms with Gasteiger partial charge in [-0.3, -0.25) is 4.79 Å². The normalized spacial score (nSPS) is 9.76. The molecule has 17 heavy (non-hydrogen) atoms. The highest BCUT2D eigenvalue weighted by Crippen LogP contribution is 2.25. The van der Waals surface area contributed by atoms with Gasteiger partial charge in [0.2, 0.25) is 5.91 Å². The van der Waals surface area contributed by atoms with Crippen molar-refractivity contribution < 1.29 is 19.0 Å². The van der Waals surface area contributed by atoms with Gasteiger partial charge < -0.3 is 19.5 Å². The SMILES string of the molecule is COCC(=O)NCCOc1ccccc1OC. The Hall–Kier alpha value is -1.75. The van der Waals surface area contributed by atoms with E-state index in [1.54, 1.807) is 7.11 Å². The molecule has 0 aliphatic rings. The first-order valence-electron chi connectivity index (χ1n) is 5.29. The second-order valence-electron chi connectivity index (χ2n) is 3.28. The predicted octanol–water partition coefficient (Wildman–Crippen LogP) is 0.837. The molecule has 1 N–H and O–H groups in total. The van der Waals surface area contributed by atoms with Crippen LogP contribution in [-0.4, -0.2) is 39.9 Å². The molecule has 0 aromatic heterocycles. The van der Waals surface area contributed by atoms with Crippen LogP contribution in [0.5, 0.6) is 11.5 Å². The number of carbonyl (C=O) groups excluding carboxylic acids is 1. The summed E-state index contributed by atoms with van der Waals surface area (Å²) < 4.78 is 15.3. The minimum Gasteiger partial charge on any atom is -0.493 e. The molecule has 5 nitrogen and oxygen atoms in total. The van der Waals surface area contributed by atoms with Crippen molar-refractivity contribution in [2.24, 2.45) is 0 Å². The molecule has 0 saturated heterocycles. The van der Waals surface area contributed by atoms with Crippen LogP contribution in [0.4, 0.5) is 0 Å². The number of hydrogen-bond donors (Lipinski definition) is 1. The van der Waals surface area contributed by atoms with Crippen molar-refractivity contribution in [3.63, 3.8) is 0 Å². The van der Waals surface area contributed by atoms with Gasteiger partial charge in [-0.15, -0.1) is 0 Å². The topological polar surface area (TPSA) is 56.8 Å². The van der Waals surface area contributed by atoms with E-state index < -0.39 is 0 Å². The minimum absolute atomic E-state index is 0.0641. The van der Waals surface area contributed by atoms with Crippen molar-refractivity contribution >= 4 is 5.91 Å². The Labute approximate surface area is 101 Å². The molecule has 0 aliphatic carbocycles. The summed E-state index contributed by atoms with van der Waals surface area (Å²) in [4.78, 5) is 11.1. The number of para-hydroxylation sites is 2. The lowest BCUT2D eigenvalue weighted by atomic mass is 10.3. The molecule has 0 atom stereocenters. The van der Waals surface area contributed by atoms with Crippen molar-refractivity contribution in [2.45, 2.75) is 0 Å². The lowest BCUT2D eigenvalue weighted by molar-refractivity contribution is -0.124. The number of rotatable bonds is 7. The molecule has 5 heteroatoms. The van der Waals surface area contributed by atoms with E-state index in [1.165, 1.54) is 7.11 Å². The molecule has 1 rings (SSSR count). The van der Waals surface area contributed by atoms with Crippen LogP contribution in [-0.2, 0) is 9.53 Å². The van der Waals surface area contributed by atoms with Gasteiger partial charge in [0, 0.05) is 7.11 Å². The Balaban J connectivity index is 2.28. The van der Waals surface area contributed by atoms with E-state index in [4.69, 9.17) is 9.47 Å². The van der Waals surface area contributed by atoms with Gasteiger partial charge >= 0.3 is 0 Å². The maximum absolute atomic E-state index is 11.1. The summed E-state index contributed by atoms with van der Waals surface area (Å²) in [6.07, 6.45) is 0. The number of ether oxygens (including phenoxy) is 3. The maximum Gasteiger partial charge on any atom is 0.246 e. The second-order valence-corrected chi connectivity index (χ2v) is 3.28. The first kappa shape index (κ1) is 13.3. The molecule has 1 aromatic carbocycles. The summed E-state index contributed by atoms with van der Waals surface area (Å²) in [7, 11) is 3.06. The summed E-state index contributed by atoms with van der Waals surface area (Å²) in [5.74, 6) is 1.18. The van der Waals surface area contributed by atoms with Crippen LogP contribution < -0.4 is 14.8 Å². The zero-order chi connectivity index (χ0) is 12.5. The van der Waals surface area contributed by atoms with Crippen LogP contribution in [0.2, 0.25) is 0 Å². The van der Waals surface area contributed by atoms with Crippen LogP contribution in [0.15, 0.2) is 24.3 Å². The third kappa shape index (κ3) is 4.74. The zero-order valence-corrected chi connectivity index (χ0v) is 10.1. The molecular formula is C12H17NO4. The summed E-state index contributed by atoms with van der Waals surface area (Å²) in [6, 6.07) is 7.36. The molecule has 0 unspecified atom stereocenters. The van der Waals surface area contributed by atoms with E-state index in [0.717, 1.165) is 0 Å². The predicted molar refractivity (Wildman–Crippen MR) is 63.4 cm³/mol. The zero-order valence-electron chi connectivity index (χ0n) is 10.1. The molecule has 0 heterocycles. The lowest BCUT2D eigenvalue weighted by Crippen LogP contribution is -2.30. The van der Waals surface area contributed by atoms with Crippen molar-refractivity contribution in [1.29, 1.82) is 0 Å². The molecule has 0 bridgehead atoms. The molecule has 0 fully saturated rings. The Kier molecular flexibility index (Phi) is 5.88. The molecule has 94 valence electrons. The Morgan fingerprint density at radius 3 is 2.59 bits per heavy atom. The number of carbonyl (C=O) groups is 1. The first-order chi connectivity index (χ1) is 8.27. The van der Waals surface area contributed by atoms with Crippen LogP contribution in [0, 0.1) is 0 Å². The van der Waals surface area contributed by atoms with E-state index in [2.05, 4.69) is 10.1 Å². The summed E-state index contributed by atoms with van der Waals surface area (Å²) in [5, 5.41) is 2.66. The molecule has 0 radical (unpaired) electrons. The summed E-state index contributed by atoms with van der Waals surface area (Å²) in [5.41, 5.74) is 0. The molecular weight excluding hydrogens is 222 g/mol. The Morgan fingerprint density at radius 1 is 1.24 bits per heavy atom. The van der Waals surface area contributed by atoms with E-state index >= 15 is 0 Å². The van der Waals surface area contributed by atoms with Gasteiger partial charge in [0.25, 0.3) is 0 Å². The van der Waals surface area contributed by atoms with Crippen LogP contribution in [0.1, 0.15) is 0 Å². The molecule has 0 spiro atoms. The summed E-state index contributed by atoms with van der Waals surface area (Å²) in [6.45, 7) is 0.880. The van der Waals surface area contributed by atoms with E-state index in [-0.39, 0.29) is 12.5 Å². The van der Waals surface area contributed by atoms with Crippen molar-refractivity contribution in [3.8, 4) is 11.5 Å². The lowest BCUT2D eigenvalue weighted by Gasteiger charge is -2.10. The summed E-state index contributed by atoms with van der Waals surface area (Å²) >= 11 is 0. The Morgan fingerprint density at radius 2 is 1.94 bits per heavy atom. The molecule has 0 saturated carbocycles. The van der Waals surface area contributed by atoms with Crippen molar-refractivity contribution in [3.05, 3.63) is 24.3 Å². The fourth-order valence-corrected chi connectivity index (χ4v) is 1.27. The smallest absolute Gasteiger partial charge is 0.246 e. The van der Waals surface area contributed by atoms with Crippen LogP contribution in [0.25, 0.3) is 0 Å². The Bertz CT molecular complexity index is 354. The van der Waals surface area contributed by atoms with E-state index in [9.17, 15) is 4.79 Å². The third-order valence-corrected chi connectivity index (χ3v) is 2.03. The van der Waals surface area contributed by atoms with Crippen molar-refractivity contribution in [2.75, 3.05) is 34.0 Å². The highest BCUT2D eigenvalue weighted by molar-refractivity contribution is 5.77. The fraction of sp³-hybridized carbons (Fsp3) is 0.417. The van der Waals surface area contributed by atoms with Crippen LogP contribution >= 0.6 is 0 Å².